The van der Waals surface area contributed by atoms with E-state index < -0.39 is 17.6 Å². The molecule has 0 fully saturated rings. The molecule has 2 rings (SSSR count). The fraction of sp³-hybridized carbons (Fsp3) is 0.316. The van der Waals surface area contributed by atoms with Crippen LogP contribution < -0.4 is 24.4 Å². The number of ether oxygens (including phenoxy) is 3. The van der Waals surface area contributed by atoms with E-state index in [2.05, 4.69) is 5.32 Å². The second-order valence-electron chi connectivity index (χ2n) is 5.99. The second-order valence-corrected chi connectivity index (χ2v) is 5.99. The van der Waals surface area contributed by atoms with E-state index in [1.807, 2.05) is 0 Å². The Morgan fingerprint density at radius 1 is 0.964 bits per heavy atom. The van der Waals surface area contributed by atoms with E-state index in [0.717, 1.165) is 6.07 Å². The van der Waals surface area contributed by atoms with Gasteiger partial charge in [0, 0.05) is 25.3 Å². The molecule has 0 spiro atoms. The number of hydrogen-bond donors (Lipinski definition) is 1. The van der Waals surface area contributed by atoms with Crippen molar-refractivity contribution in [1.29, 1.82) is 0 Å². The van der Waals surface area contributed by atoms with Crippen LogP contribution >= 0.6 is 0 Å². The number of nitrogens with one attached hydrogen (secondary N) is 1. The number of anilines is 2. The van der Waals surface area contributed by atoms with Crippen LogP contribution in [0.2, 0.25) is 0 Å². The first-order valence-electron chi connectivity index (χ1n) is 8.12. The SMILES string of the molecule is COc1cc(C(=O)Nc2ccc(N(C)C)cc2C(F)(F)F)cc(OC)c1OC. The molecule has 152 valence electrons. The highest BCUT2D eigenvalue weighted by Gasteiger charge is 2.34. The third kappa shape index (κ3) is 4.41. The van der Waals surface area contributed by atoms with E-state index in [1.54, 1.807) is 19.0 Å². The fourth-order valence-corrected chi connectivity index (χ4v) is 2.56. The Balaban J connectivity index is 2.45. The minimum Gasteiger partial charge on any atom is -0.493 e. The van der Waals surface area contributed by atoms with Crippen molar-refractivity contribution < 1.29 is 32.2 Å². The standard InChI is InChI=1S/C19H21F3N2O4/c1-24(2)12-6-7-14(13(10-12)19(20,21)22)23-18(25)11-8-15(26-3)17(28-5)16(9-11)27-4/h6-10H,1-5H3,(H,23,25). The van der Waals surface area contributed by atoms with Gasteiger partial charge in [-0.05, 0) is 30.3 Å². The fourth-order valence-electron chi connectivity index (χ4n) is 2.56. The van der Waals surface area contributed by atoms with Crippen LogP contribution in [-0.4, -0.2) is 41.3 Å². The van der Waals surface area contributed by atoms with Gasteiger partial charge >= 0.3 is 6.18 Å². The van der Waals surface area contributed by atoms with Crippen molar-refractivity contribution in [3.63, 3.8) is 0 Å². The zero-order valence-electron chi connectivity index (χ0n) is 16.1. The Morgan fingerprint density at radius 2 is 1.54 bits per heavy atom. The van der Waals surface area contributed by atoms with E-state index >= 15 is 0 Å². The van der Waals surface area contributed by atoms with Crippen LogP contribution in [0.25, 0.3) is 0 Å². The molecule has 9 heteroatoms. The Hall–Kier alpha value is -3.10. The van der Waals surface area contributed by atoms with E-state index in [0.29, 0.717) is 5.69 Å². The molecular weight excluding hydrogens is 377 g/mol. The average molecular weight is 398 g/mol. The number of halogens is 3. The largest absolute Gasteiger partial charge is 0.493 e. The summed E-state index contributed by atoms with van der Waals surface area (Å²) < 4.78 is 55.9. The molecule has 6 nitrogen and oxygen atoms in total. The predicted octanol–water partition coefficient (Wildman–Crippen LogP) is 4.05. The molecular formula is C19H21F3N2O4. The minimum atomic E-state index is -4.63. The van der Waals surface area contributed by atoms with Crippen LogP contribution in [0.4, 0.5) is 24.5 Å². The number of rotatable bonds is 6. The Bertz CT molecular complexity index is 842. The summed E-state index contributed by atoms with van der Waals surface area (Å²) in [7, 11) is 7.41. The van der Waals surface area contributed by atoms with Gasteiger partial charge in [0.1, 0.15) is 0 Å². The third-order valence-corrected chi connectivity index (χ3v) is 4.00. The number of carbonyl (C=O) groups is 1. The predicted molar refractivity (Wildman–Crippen MR) is 99.8 cm³/mol. The van der Waals surface area contributed by atoms with Gasteiger partial charge in [-0.25, -0.2) is 0 Å². The monoisotopic (exact) mass is 398 g/mol. The van der Waals surface area contributed by atoms with Crippen LogP contribution in [0.15, 0.2) is 30.3 Å². The van der Waals surface area contributed by atoms with Crippen molar-refractivity contribution in [2.45, 2.75) is 6.18 Å². The maximum atomic E-state index is 13.5. The molecule has 0 atom stereocenters. The third-order valence-electron chi connectivity index (χ3n) is 4.00. The quantitative estimate of drug-likeness (QED) is 0.796. The van der Waals surface area contributed by atoms with Crippen LogP contribution in [0.5, 0.6) is 17.2 Å². The highest BCUT2D eigenvalue weighted by atomic mass is 19.4. The van der Waals surface area contributed by atoms with Gasteiger partial charge in [-0.2, -0.15) is 13.2 Å². The van der Waals surface area contributed by atoms with E-state index in [9.17, 15) is 18.0 Å². The van der Waals surface area contributed by atoms with Gasteiger partial charge in [-0.3, -0.25) is 4.79 Å². The number of amides is 1. The number of nitrogens with zero attached hydrogens (tertiary/aromatic N) is 1. The lowest BCUT2D eigenvalue weighted by Gasteiger charge is -2.19. The highest BCUT2D eigenvalue weighted by Crippen LogP contribution is 2.40. The van der Waals surface area contributed by atoms with Crippen LogP contribution in [0.3, 0.4) is 0 Å². The molecule has 0 unspecified atom stereocenters. The zero-order chi connectivity index (χ0) is 21.1. The van der Waals surface area contributed by atoms with Gasteiger partial charge in [0.15, 0.2) is 11.5 Å². The number of hydrogen-bond acceptors (Lipinski definition) is 5. The molecule has 1 amide bonds. The first-order valence-corrected chi connectivity index (χ1v) is 8.12. The van der Waals surface area contributed by atoms with Crippen molar-refractivity contribution in [2.24, 2.45) is 0 Å². The maximum absolute atomic E-state index is 13.5. The van der Waals surface area contributed by atoms with Gasteiger partial charge in [0.05, 0.1) is 32.6 Å². The molecule has 0 aliphatic carbocycles. The van der Waals surface area contributed by atoms with Crippen molar-refractivity contribution in [2.75, 3.05) is 45.6 Å². The van der Waals surface area contributed by atoms with Crippen molar-refractivity contribution in [3.05, 3.63) is 41.5 Å². The molecule has 1 N–H and O–H groups in total. The lowest BCUT2D eigenvalue weighted by molar-refractivity contribution is -0.136. The second kappa shape index (κ2) is 8.28. The van der Waals surface area contributed by atoms with Gasteiger partial charge < -0.3 is 24.4 Å². The van der Waals surface area contributed by atoms with Gasteiger partial charge in [0.25, 0.3) is 5.91 Å². The molecule has 2 aromatic rings. The summed E-state index contributed by atoms with van der Waals surface area (Å²) in [5, 5.41) is 2.31. The Kier molecular flexibility index (Phi) is 6.27. The summed E-state index contributed by atoms with van der Waals surface area (Å²) in [6.07, 6.45) is -4.63. The summed E-state index contributed by atoms with van der Waals surface area (Å²) in [6, 6.07) is 6.40. The van der Waals surface area contributed by atoms with E-state index in [-0.39, 0.29) is 28.5 Å². The molecule has 0 aliphatic heterocycles. The molecule has 0 saturated carbocycles. The Morgan fingerprint density at radius 3 is 1.96 bits per heavy atom. The average Bonchev–Trinajstić information content (AvgIpc) is 2.65. The number of methoxy groups -OCH3 is 3. The molecule has 0 radical (unpaired) electrons. The van der Waals surface area contributed by atoms with E-state index in [4.69, 9.17) is 14.2 Å². The molecule has 0 aromatic heterocycles. The molecule has 0 aliphatic rings. The molecule has 2 aromatic carbocycles. The van der Waals surface area contributed by atoms with Crippen LogP contribution in [-0.2, 0) is 6.18 Å². The summed E-state index contributed by atoms with van der Waals surface area (Å²) >= 11 is 0. The Labute approximate surface area is 160 Å². The molecule has 0 bridgehead atoms. The van der Waals surface area contributed by atoms with Gasteiger partial charge in [0.2, 0.25) is 5.75 Å². The van der Waals surface area contributed by atoms with Crippen LogP contribution in [0, 0.1) is 0 Å². The van der Waals surface area contributed by atoms with Crippen molar-refractivity contribution in [3.8, 4) is 17.2 Å². The lowest BCUT2D eigenvalue weighted by Crippen LogP contribution is -2.18. The maximum Gasteiger partial charge on any atom is 0.418 e. The van der Waals surface area contributed by atoms with Crippen molar-refractivity contribution in [1.82, 2.24) is 0 Å². The first kappa shape index (κ1) is 21.2. The van der Waals surface area contributed by atoms with Crippen LogP contribution in [0.1, 0.15) is 15.9 Å². The van der Waals surface area contributed by atoms with Gasteiger partial charge in [-0.1, -0.05) is 0 Å². The summed E-state index contributed by atoms with van der Waals surface area (Å²) in [5.41, 5.74) is -0.881. The summed E-state index contributed by atoms with van der Waals surface area (Å²) in [4.78, 5) is 14.1. The number of benzene rings is 2. The first-order chi connectivity index (χ1) is 13.1. The molecule has 0 heterocycles. The minimum absolute atomic E-state index is 0.0549. The smallest absolute Gasteiger partial charge is 0.418 e. The highest BCUT2D eigenvalue weighted by molar-refractivity contribution is 6.05. The normalized spacial score (nSPS) is 11.0. The van der Waals surface area contributed by atoms with E-state index in [1.165, 1.54) is 45.6 Å². The number of alkyl halides is 3. The van der Waals surface area contributed by atoms with Crippen molar-refractivity contribution >= 4 is 17.3 Å². The summed E-state index contributed by atoms with van der Waals surface area (Å²) in [5.74, 6) is -0.0489. The lowest BCUT2D eigenvalue weighted by atomic mass is 10.1. The molecule has 28 heavy (non-hydrogen) atoms. The topological polar surface area (TPSA) is 60.0 Å². The summed E-state index contributed by atoms with van der Waals surface area (Å²) in [6.45, 7) is 0. The van der Waals surface area contributed by atoms with Gasteiger partial charge in [-0.15, -0.1) is 0 Å². The number of carbonyl (C=O) groups excluding carboxylic acids is 1. The molecule has 0 saturated heterocycles. The zero-order valence-corrected chi connectivity index (χ0v) is 16.1.